The summed E-state index contributed by atoms with van der Waals surface area (Å²) in [6.07, 6.45) is 2.11. The molecule has 0 bridgehead atoms. The van der Waals surface area contributed by atoms with Gasteiger partial charge in [-0.2, -0.15) is 0 Å². The summed E-state index contributed by atoms with van der Waals surface area (Å²) in [5, 5.41) is 4.67. The lowest BCUT2D eigenvalue weighted by molar-refractivity contribution is 0.561. The molecule has 0 fully saturated rings. The molecular weight excluding hydrogens is 296 g/mol. The van der Waals surface area contributed by atoms with Crippen molar-refractivity contribution >= 4 is 10.9 Å². The molecule has 3 aromatic rings. The Morgan fingerprint density at radius 3 is 2.79 bits per heavy atom. The maximum Gasteiger partial charge on any atom is 0.255 e. The average Bonchev–Trinajstić information content (AvgIpc) is 2.64. The fraction of sp³-hybridized carbons (Fsp3) is 0.286. The number of nitrogens with zero attached hydrogens (tertiary/aromatic N) is 1. The molecule has 4 rings (SSSR count). The van der Waals surface area contributed by atoms with E-state index in [0.717, 1.165) is 30.5 Å². The van der Waals surface area contributed by atoms with Gasteiger partial charge >= 0.3 is 0 Å². The van der Waals surface area contributed by atoms with Gasteiger partial charge in [0.05, 0.1) is 5.52 Å². The smallest absolute Gasteiger partial charge is 0.255 e. The van der Waals surface area contributed by atoms with Crippen LogP contribution in [0.15, 0.2) is 59.4 Å². The highest BCUT2D eigenvalue weighted by Crippen LogP contribution is 2.24. The number of hydrogen-bond acceptors (Lipinski definition) is 2. The molecular formula is C21H22N2O. The minimum atomic E-state index is 0.155. The third-order valence-electron chi connectivity index (χ3n) is 5.00. The van der Waals surface area contributed by atoms with E-state index in [2.05, 4.69) is 48.6 Å². The molecule has 3 nitrogen and oxygen atoms in total. The summed E-state index contributed by atoms with van der Waals surface area (Å²) >= 11 is 0. The van der Waals surface area contributed by atoms with Crippen molar-refractivity contribution in [1.82, 2.24) is 9.88 Å². The number of para-hydroxylation sites is 1. The molecule has 0 saturated heterocycles. The number of pyridine rings is 1. The van der Waals surface area contributed by atoms with Gasteiger partial charge in [0.2, 0.25) is 0 Å². The van der Waals surface area contributed by atoms with Crippen molar-refractivity contribution in [3.8, 4) is 0 Å². The first-order valence-electron chi connectivity index (χ1n) is 8.66. The number of rotatable bonds is 4. The molecule has 122 valence electrons. The number of benzene rings is 2. The maximum atomic E-state index is 12.9. The minimum absolute atomic E-state index is 0.155. The van der Waals surface area contributed by atoms with Gasteiger partial charge in [0.25, 0.3) is 5.56 Å². The van der Waals surface area contributed by atoms with Crippen LogP contribution in [-0.4, -0.2) is 4.57 Å². The number of aromatic nitrogens is 1. The molecule has 0 radical (unpaired) electrons. The number of hydrogen-bond donors (Lipinski definition) is 1. The predicted molar refractivity (Wildman–Crippen MR) is 98.2 cm³/mol. The van der Waals surface area contributed by atoms with Gasteiger partial charge in [0, 0.05) is 24.7 Å². The van der Waals surface area contributed by atoms with Crippen LogP contribution in [0.5, 0.6) is 0 Å². The lowest BCUT2D eigenvalue weighted by Gasteiger charge is -2.21. The van der Waals surface area contributed by atoms with E-state index in [0.29, 0.717) is 6.54 Å². The zero-order valence-electron chi connectivity index (χ0n) is 14.0. The molecule has 0 saturated carbocycles. The van der Waals surface area contributed by atoms with Gasteiger partial charge in [-0.25, -0.2) is 0 Å². The van der Waals surface area contributed by atoms with Crippen molar-refractivity contribution < 1.29 is 0 Å². The Bertz CT molecular complexity index is 928. The topological polar surface area (TPSA) is 34.0 Å². The van der Waals surface area contributed by atoms with Crippen LogP contribution in [0.4, 0.5) is 0 Å². The lowest BCUT2D eigenvalue weighted by atomic mass is 10.00. The van der Waals surface area contributed by atoms with E-state index in [1.165, 1.54) is 16.5 Å². The van der Waals surface area contributed by atoms with Gasteiger partial charge < -0.3 is 9.88 Å². The van der Waals surface area contributed by atoms with E-state index in [1.54, 1.807) is 0 Å². The first kappa shape index (κ1) is 15.2. The normalized spacial score (nSPS) is 14.7. The van der Waals surface area contributed by atoms with Crippen LogP contribution < -0.4 is 10.9 Å². The van der Waals surface area contributed by atoms with Crippen LogP contribution in [0.2, 0.25) is 0 Å². The Morgan fingerprint density at radius 1 is 1.12 bits per heavy atom. The second kappa shape index (κ2) is 6.25. The Balaban J connectivity index is 1.66. The molecule has 1 aromatic heterocycles. The maximum absolute atomic E-state index is 12.9. The summed E-state index contributed by atoms with van der Waals surface area (Å²) < 4.78 is 1.97. The summed E-state index contributed by atoms with van der Waals surface area (Å²) in [7, 11) is 0. The SMILES string of the molecule is CC(NCc1cc2cccc3c2n(c1=O)CCC3)c1ccccc1. The molecule has 0 amide bonds. The highest BCUT2D eigenvalue weighted by atomic mass is 16.1. The monoisotopic (exact) mass is 318 g/mol. The van der Waals surface area contributed by atoms with Crippen LogP contribution in [0.3, 0.4) is 0 Å². The third kappa shape index (κ3) is 2.65. The molecule has 0 spiro atoms. The summed E-state index contributed by atoms with van der Waals surface area (Å²) in [5.74, 6) is 0. The number of nitrogens with one attached hydrogen (secondary N) is 1. The number of aryl methyl sites for hydroxylation is 2. The van der Waals surface area contributed by atoms with E-state index in [-0.39, 0.29) is 11.6 Å². The lowest BCUT2D eigenvalue weighted by Crippen LogP contribution is -2.30. The Labute approximate surface area is 141 Å². The summed E-state index contributed by atoms with van der Waals surface area (Å²) in [6, 6.07) is 19.0. The van der Waals surface area contributed by atoms with Gasteiger partial charge in [0.1, 0.15) is 0 Å². The van der Waals surface area contributed by atoms with Crippen LogP contribution in [0.25, 0.3) is 10.9 Å². The molecule has 1 unspecified atom stereocenters. The molecule has 1 N–H and O–H groups in total. The molecule has 1 aliphatic heterocycles. The van der Waals surface area contributed by atoms with Crippen molar-refractivity contribution in [2.45, 2.75) is 38.9 Å². The fourth-order valence-corrected chi connectivity index (χ4v) is 3.67. The van der Waals surface area contributed by atoms with E-state index in [4.69, 9.17) is 0 Å². The van der Waals surface area contributed by atoms with Gasteiger partial charge in [-0.1, -0.05) is 48.5 Å². The van der Waals surface area contributed by atoms with Gasteiger partial charge in [-0.3, -0.25) is 4.79 Å². The largest absolute Gasteiger partial charge is 0.308 e. The van der Waals surface area contributed by atoms with E-state index in [1.807, 2.05) is 22.8 Å². The molecule has 2 heterocycles. The van der Waals surface area contributed by atoms with Crippen molar-refractivity contribution in [2.75, 3.05) is 0 Å². The molecule has 1 aliphatic rings. The first-order valence-corrected chi connectivity index (χ1v) is 8.66. The van der Waals surface area contributed by atoms with Crippen LogP contribution in [-0.2, 0) is 19.5 Å². The van der Waals surface area contributed by atoms with E-state index in [9.17, 15) is 4.79 Å². The molecule has 1 atom stereocenters. The van der Waals surface area contributed by atoms with Gasteiger partial charge in [-0.15, -0.1) is 0 Å². The molecule has 0 aliphatic carbocycles. The van der Waals surface area contributed by atoms with Crippen molar-refractivity contribution in [2.24, 2.45) is 0 Å². The van der Waals surface area contributed by atoms with Crippen LogP contribution in [0, 0.1) is 0 Å². The molecule has 3 heteroatoms. The minimum Gasteiger partial charge on any atom is -0.308 e. The van der Waals surface area contributed by atoms with Crippen molar-refractivity contribution in [3.05, 3.63) is 81.6 Å². The highest BCUT2D eigenvalue weighted by Gasteiger charge is 2.16. The highest BCUT2D eigenvalue weighted by molar-refractivity contribution is 5.83. The average molecular weight is 318 g/mol. The standard InChI is InChI=1S/C21H22N2O/c1-15(16-7-3-2-4-8-16)22-14-19-13-18-10-5-9-17-11-6-12-23(20(17)18)21(19)24/h2-5,7-10,13,15,22H,6,11-12,14H2,1H3. The first-order chi connectivity index (χ1) is 11.7. The summed E-state index contributed by atoms with van der Waals surface area (Å²) in [6.45, 7) is 3.56. The Hall–Kier alpha value is -2.39. The summed E-state index contributed by atoms with van der Waals surface area (Å²) in [5.41, 5.74) is 4.68. The molecule has 2 aromatic carbocycles. The Morgan fingerprint density at radius 2 is 1.96 bits per heavy atom. The summed E-state index contributed by atoms with van der Waals surface area (Å²) in [4.78, 5) is 12.9. The van der Waals surface area contributed by atoms with E-state index < -0.39 is 0 Å². The fourth-order valence-electron chi connectivity index (χ4n) is 3.67. The predicted octanol–water partition coefficient (Wildman–Crippen LogP) is 3.80. The van der Waals surface area contributed by atoms with Crippen molar-refractivity contribution in [1.29, 1.82) is 0 Å². The van der Waals surface area contributed by atoms with Crippen LogP contribution >= 0.6 is 0 Å². The second-order valence-electron chi connectivity index (χ2n) is 6.60. The van der Waals surface area contributed by atoms with Gasteiger partial charge in [-0.05, 0) is 42.3 Å². The quantitative estimate of drug-likeness (QED) is 0.794. The van der Waals surface area contributed by atoms with E-state index >= 15 is 0 Å². The zero-order valence-corrected chi connectivity index (χ0v) is 14.0. The van der Waals surface area contributed by atoms with Gasteiger partial charge in [0.15, 0.2) is 0 Å². The van der Waals surface area contributed by atoms with Crippen LogP contribution in [0.1, 0.15) is 36.1 Å². The molecule has 24 heavy (non-hydrogen) atoms. The Kier molecular flexibility index (Phi) is 3.95. The third-order valence-corrected chi connectivity index (χ3v) is 5.00. The zero-order chi connectivity index (χ0) is 16.5. The van der Waals surface area contributed by atoms with Crippen molar-refractivity contribution in [3.63, 3.8) is 0 Å². The second-order valence-corrected chi connectivity index (χ2v) is 6.60.